The molecule has 4 heteroatoms. The van der Waals surface area contributed by atoms with Crippen LogP contribution in [-0.4, -0.2) is 33.5 Å². The molecule has 3 atom stereocenters. The monoisotopic (exact) mass is 386 g/mol. The Morgan fingerprint density at radius 1 is 1.00 bits per heavy atom. The minimum atomic E-state index is -0.866. The molecule has 1 aromatic heterocycles. The van der Waals surface area contributed by atoms with E-state index in [-0.39, 0.29) is 17.9 Å². The van der Waals surface area contributed by atoms with Crippen molar-refractivity contribution in [1.82, 2.24) is 9.88 Å². The average molecular weight is 386 g/mol. The van der Waals surface area contributed by atoms with Crippen molar-refractivity contribution in [3.63, 3.8) is 0 Å². The third-order valence-corrected chi connectivity index (χ3v) is 6.89. The molecule has 2 aliphatic rings. The zero-order valence-corrected chi connectivity index (χ0v) is 16.5. The van der Waals surface area contributed by atoms with E-state index in [1.165, 1.54) is 0 Å². The maximum atomic E-state index is 13.6. The number of pyridine rings is 1. The normalized spacial score (nSPS) is 26.9. The number of amides is 1. The van der Waals surface area contributed by atoms with Crippen molar-refractivity contribution in [2.45, 2.75) is 43.7 Å². The number of likely N-dealkylation sites (tertiary alicyclic amines) is 1. The van der Waals surface area contributed by atoms with Gasteiger partial charge in [-0.2, -0.15) is 0 Å². The molecule has 1 aliphatic carbocycles. The summed E-state index contributed by atoms with van der Waals surface area (Å²) in [6.45, 7) is 0.552. The number of piperidine rings is 1. The van der Waals surface area contributed by atoms with Gasteiger partial charge in [0, 0.05) is 30.1 Å². The Morgan fingerprint density at radius 3 is 2.62 bits per heavy atom. The van der Waals surface area contributed by atoms with Gasteiger partial charge in [0.1, 0.15) is 5.69 Å². The molecule has 1 N–H and O–H groups in total. The predicted molar refractivity (Wildman–Crippen MR) is 113 cm³/mol. The van der Waals surface area contributed by atoms with E-state index in [9.17, 15) is 9.90 Å². The van der Waals surface area contributed by atoms with E-state index in [1.54, 1.807) is 6.20 Å². The summed E-state index contributed by atoms with van der Waals surface area (Å²) in [6, 6.07) is 19.9. The number of rotatable bonds is 2. The third kappa shape index (κ3) is 3.03. The van der Waals surface area contributed by atoms with Crippen LogP contribution in [0.4, 0.5) is 0 Å². The number of fused-ring (bicyclic) bond motifs is 2. The molecule has 0 bridgehead atoms. The van der Waals surface area contributed by atoms with Crippen molar-refractivity contribution in [2.75, 3.05) is 6.54 Å². The topological polar surface area (TPSA) is 53.4 Å². The van der Waals surface area contributed by atoms with Crippen LogP contribution in [0.15, 0.2) is 66.9 Å². The molecule has 2 heterocycles. The Bertz CT molecular complexity index is 1030. The van der Waals surface area contributed by atoms with Crippen molar-refractivity contribution < 1.29 is 9.90 Å². The fraction of sp³-hybridized carbons (Fsp3) is 0.360. The molecular weight excluding hydrogens is 360 g/mol. The van der Waals surface area contributed by atoms with Gasteiger partial charge in [0.05, 0.1) is 5.60 Å². The standard InChI is InChI=1S/C25H26N2O2/c28-24(23-20-11-5-4-8-18(20)14-16-26-23)27-17-15-25(29,19-9-2-1-3-10-19)21-12-6-7-13-22(21)27/h1-5,8-11,14,16,21-22,29H,6-7,12-13,15,17H2. The second kappa shape index (κ2) is 7.27. The lowest BCUT2D eigenvalue weighted by molar-refractivity contribution is -0.110. The van der Waals surface area contributed by atoms with E-state index < -0.39 is 5.60 Å². The number of carbonyl (C=O) groups excluding carboxylic acids is 1. The number of hydrogen-bond acceptors (Lipinski definition) is 3. The summed E-state index contributed by atoms with van der Waals surface area (Å²) in [5, 5.41) is 13.7. The van der Waals surface area contributed by atoms with Crippen LogP contribution in [0, 0.1) is 5.92 Å². The van der Waals surface area contributed by atoms with Gasteiger partial charge in [-0.05, 0) is 36.3 Å². The van der Waals surface area contributed by atoms with Crippen LogP contribution in [0.25, 0.3) is 10.8 Å². The van der Waals surface area contributed by atoms with Crippen LogP contribution in [0.1, 0.15) is 48.2 Å². The first-order valence-electron chi connectivity index (χ1n) is 10.6. The van der Waals surface area contributed by atoms with Crippen molar-refractivity contribution >= 4 is 16.7 Å². The molecule has 1 saturated carbocycles. The molecule has 1 saturated heterocycles. The summed E-state index contributed by atoms with van der Waals surface area (Å²) in [6.07, 6.45) is 6.37. The van der Waals surface area contributed by atoms with Gasteiger partial charge in [-0.1, -0.05) is 67.4 Å². The number of aliphatic hydroxyl groups is 1. The van der Waals surface area contributed by atoms with Gasteiger partial charge >= 0.3 is 0 Å². The van der Waals surface area contributed by atoms with E-state index in [0.717, 1.165) is 42.0 Å². The van der Waals surface area contributed by atoms with Gasteiger partial charge in [0.2, 0.25) is 0 Å². The first kappa shape index (κ1) is 18.3. The fourth-order valence-corrected chi connectivity index (χ4v) is 5.45. The van der Waals surface area contributed by atoms with Crippen LogP contribution >= 0.6 is 0 Å². The van der Waals surface area contributed by atoms with E-state index in [0.29, 0.717) is 18.7 Å². The number of nitrogens with zero attached hydrogens (tertiary/aromatic N) is 2. The SMILES string of the molecule is O=C(c1nccc2ccccc12)N1CCC(O)(c2ccccc2)C2CCCCC21. The molecule has 1 amide bonds. The molecular formula is C25H26N2O2. The van der Waals surface area contributed by atoms with Gasteiger partial charge in [-0.3, -0.25) is 9.78 Å². The Balaban J connectivity index is 1.52. The summed E-state index contributed by atoms with van der Waals surface area (Å²) >= 11 is 0. The van der Waals surface area contributed by atoms with Crippen LogP contribution in [0.2, 0.25) is 0 Å². The largest absolute Gasteiger partial charge is 0.385 e. The Morgan fingerprint density at radius 2 is 1.76 bits per heavy atom. The summed E-state index contributed by atoms with van der Waals surface area (Å²) in [5.41, 5.74) is 0.639. The minimum absolute atomic E-state index is 0.00573. The summed E-state index contributed by atoms with van der Waals surface area (Å²) in [7, 11) is 0. The van der Waals surface area contributed by atoms with Gasteiger partial charge < -0.3 is 10.0 Å². The van der Waals surface area contributed by atoms with Crippen LogP contribution < -0.4 is 0 Å². The lowest BCUT2D eigenvalue weighted by Gasteiger charge is -2.52. The summed E-state index contributed by atoms with van der Waals surface area (Å²) in [5.74, 6) is 0.0557. The minimum Gasteiger partial charge on any atom is -0.385 e. The highest BCUT2D eigenvalue weighted by molar-refractivity contribution is 6.05. The van der Waals surface area contributed by atoms with E-state index >= 15 is 0 Å². The highest BCUT2D eigenvalue weighted by Crippen LogP contribution is 2.47. The zero-order valence-electron chi connectivity index (χ0n) is 16.5. The van der Waals surface area contributed by atoms with Gasteiger partial charge in [-0.15, -0.1) is 0 Å². The van der Waals surface area contributed by atoms with E-state index in [1.807, 2.05) is 65.6 Å². The molecule has 2 aromatic carbocycles. The van der Waals surface area contributed by atoms with Crippen LogP contribution in [-0.2, 0) is 5.60 Å². The molecule has 0 radical (unpaired) electrons. The molecule has 4 nitrogen and oxygen atoms in total. The number of benzene rings is 2. The van der Waals surface area contributed by atoms with Crippen molar-refractivity contribution in [3.05, 3.63) is 78.1 Å². The third-order valence-electron chi connectivity index (χ3n) is 6.89. The van der Waals surface area contributed by atoms with Crippen molar-refractivity contribution in [2.24, 2.45) is 5.92 Å². The molecule has 3 unspecified atom stereocenters. The van der Waals surface area contributed by atoms with Crippen LogP contribution in [0.3, 0.4) is 0 Å². The Hall–Kier alpha value is -2.72. The maximum Gasteiger partial charge on any atom is 0.273 e. The number of hydrogen-bond donors (Lipinski definition) is 1. The van der Waals surface area contributed by atoms with Crippen molar-refractivity contribution in [1.29, 1.82) is 0 Å². The highest BCUT2D eigenvalue weighted by atomic mass is 16.3. The van der Waals surface area contributed by atoms with Crippen molar-refractivity contribution in [3.8, 4) is 0 Å². The lowest BCUT2D eigenvalue weighted by Crippen LogP contribution is -2.59. The molecule has 3 aromatic rings. The Kier molecular flexibility index (Phi) is 4.59. The molecule has 2 fully saturated rings. The molecule has 29 heavy (non-hydrogen) atoms. The fourth-order valence-electron chi connectivity index (χ4n) is 5.45. The first-order valence-corrected chi connectivity index (χ1v) is 10.6. The zero-order chi connectivity index (χ0) is 19.8. The molecule has 5 rings (SSSR count). The van der Waals surface area contributed by atoms with Crippen LogP contribution in [0.5, 0.6) is 0 Å². The average Bonchev–Trinajstić information content (AvgIpc) is 2.79. The molecule has 148 valence electrons. The van der Waals surface area contributed by atoms with E-state index in [4.69, 9.17) is 0 Å². The molecule has 1 aliphatic heterocycles. The molecule has 0 spiro atoms. The number of carbonyl (C=O) groups is 1. The van der Waals surface area contributed by atoms with Gasteiger partial charge in [-0.25, -0.2) is 0 Å². The van der Waals surface area contributed by atoms with Gasteiger partial charge in [0.15, 0.2) is 0 Å². The smallest absolute Gasteiger partial charge is 0.273 e. The summed E-state index contributed by atoms with van der Waals surface area (Å²) < 4.78 is 0. The highest BCUT2D eigenvalue weighted by Gasteiger charge is 2.50. The number of aromatic nitrogens is 1. The quantitative estimate of drug-likeness (QED) is 0.704. The summed E-state index contributed by atoms with van der Waals surface area (Å²) in [4.78, 5) is 20.1. The lowest BCUT2D eigenvalue weighted by atomic mass is 9.66. The first-order chi connectivity index (χ1) is 14.2. The van der Waals surface area contributed by atoms with Gasteiger partial charge in [0.25, 0.3) is 5.91 Å². The second-order valence-electron chi connectivity index (χ2n) is 8.38. The predicted octanol–water partition coefficient (Wildman–Crippen LogP) is 4.53. The second-order valence-corrected chi connectivity index (χ2v) is 8.38. The maximum absolute atomic E-state index is 13.6. The van der Waals surface area contributed by atoms with E-state index in [2.05, 4.69) is 4.98 Å². The Labute approximate surface area is 171 Å².